The van der Waals surface area contributed by atoms with Gasteiger partial charge in [-0.05, 0) is 42.8 Å². The van der Waals surface area contributed by atoms with E-state index in [1.165, 1.54) is 17.3 Å². The lowest BCUT2D eigenvalue weighted by Crippen LogP contribution is -2.20. The molecule has 0 aliphatic rings. The minimum absolute atomic E-state index is 0.143. The summed E-state index contributed by atoms with van der Waals surface area (Å²) >= 11 is 1.29. The van der Waals surface area contributed by atoms with Crippen LogP contribution in [0.1, 0.15) is 17.0 Å². The number of anilines is 1. The van der Waals surface area contributed by atoms with Gasteiger partial charge in [0.05, 0.1) is 32.7 Å². The quantitative estimate of drug-likeness (QED) is 0.177. The predicted molar refractivity (Wildman–Crippen MR) is 135 cm³/mol. The van der Waals surface area contributed by atoms with Gasteiger partial charge in [0.1, 0.15) is 0 Å². The van der Waals surface area contributed by atoms with Gasteiger partial charge in [0.2, 0.25) is 0 Å². The summed E-state index contributed by atoms with van der Waals surface area (Å²) in [5, 5.41) is 16.5. The van der Waals surface area contributed by atoms with Crippen molar-refractivity contribution in [2.45, 2.75) is 25.2 Å². The number of amides is 1. The van der Waals surface area contributed by atoms with Crippen LogP contribution in [0.4, 0.5) is 5.69 Å². The number of nitrogens with zero attached hydrogens (tertiary/aromatic N) is 4. The number of aromatic nitrogens is 3. The van der Waals surface area contributed by atoms with Crippen LogP contribution in [0, 0.1) is 6.92 Å². The van der Waals surface area contributed by atoms with Crippen molar-refractivity contribution in [3.8, 4) is 11.5 Å². The molecule has 10 heteroatoms. The molecule has 3 aromatic rings. The zero-order valence-corrected chi connectivity index (χ0v) is 20.3. The SMILES string of the molecule is C=CCn1c(CNc2ccc(C)cc2)nnc1SCC(=O)N/N=C\c1ccc(OC)c(OC)c1. The van der Waals surface area contributed by atoms with Crippen LogP contribution < -0.4 is 20.2 Å². The van der Waals surface area contributed by atoms with E-state index in [0.717, 1.165) is 17.1 Å². The Morgan fingerprint density at radius 3 is 2.62 bits per heavy atom. The summed E-state index contributed by atoms with van der Waals surface area (Å²) in [6.45, 7) is 6.91. The lowest BCUT2D eigenvalue weighted by atomic mass is 10.2. The third-order valence-corrected chi connectivity index (χ3v) is 5.72. The van der Waals surface area contributed by atoms with Crippen LogP contribution in [-0.4, -0.2) is 46.9 Å². The normalized spacial score (nSPS) is 10.8. The third-order valence-electron chi connectivity index (χ3n) is 4.75. The zero-order chi connectivity index (χ0) is 24.3. The topological polar surface area (TPSA) is 103 Å². The van der Waals surface area contributed by atoms with E-state index in [9.17, 15) is 4.79 Å². The van der Waals surface area contributed by atoms with Crippen LogP contribution in [0.15, 0.2) is 65.4 Å². The Kier molecular flexibility index (Phi) is 9.10. The molecule has 2 aromatic carbocycles. The van der Waals surface area contributed by atoms with Crippen molar-refractivity contribution in [1.82, 2.24) is 20.2 Å². The van der Waals surface area contributed by atoms with E-state index in [0.29, 0.717) is 29.7 Å². The number of hydrogen-bond acceptors (Lipinski definition) is 8. The first-order valence-electron chi connectivity index (χ1n) is 10.5. The minimum Gasteiger partial charge on any atom is -0.493 e. The molecular formula is C24H28N6O3S. The summed E-state index contributed by atoms with van der Waals surface area (Å²) in [5.41, 5.74) is 5.49. The van der Waals surface area contributed by atoms with Crippen LogP contribution in [-0.2, 0) is 17.9 Å². The van der Waals surface area contributed by atoms with Crippen molar-refractivity contribution >= 4 is 29.6 Å². The second-order valence-corrected chi connectivity index (χ2v) is 8.16. The Morgan fingerprint density at radius 1 is 1.15 bits per heavy atom. The molecule has 0 aliphatic carbocycles. The Balaban J connectivity index is 1.54. The summed E-state index contributed by atoms with van der Waals surface area (Å²) in [6.07, 6.45) is 3.32. The predicted octanol–water partition coefficient (Wildman–Crippen LogP) is 3.64. The van der Waals surface area contributed by atoms with Gasteiger partial charge in [0, 0.05) is 12.2 Å². The van der Waals surface area contributed by atoms with Gasteiger partial charge in [-0.15, -0.1) is 16.8 Å². The minimum atomic E-state index is -0.255. The highest BCUT2D eigenvalue weighted by Crippen LogP contribution is 2.26. The van der Waals surface area contributed by atoms with Gasteiger partial charge in [-0.3, -0.25) is 4.79 Å². The van der Waals surface area contributed by atoms with E-state index in [4.69, 9.17) is 9.47 Å². The van der Waals surface area contributed by atoms with Gasteiger partial charge < -0.3 is 19.4 Å². The fourth-order valence-corrected chi connectivity index (χ4v) is 3.75. The van der Waals surface area contributed by atoms with Crippen molar-refractivity contribution in [1.29, 1.82) is 0 Å². The maximum Gasteiger partial charge on any atom is 0.250 e. The molecule has 0 aliphatic heterocycles. The number of allylic oxidation sites excluding steroid dienone is 1. The molecular weight excluding hydrogens is 452 g/mol. The zero-order valence-electron chi connectivity index (χ0n) is 19.4. The summed E-state index contributed by atoms with van der Waals surface area (Å²) in [4.78, 5) is 12.3. The second kappa shape index (κ2) is 12.4. The molecule has 0 spiro atoms. The summed E-state index contributed by atoms with van der Waals surface area (Å²) < 4.78 is 12.4. The van der Waals surface area contributed by atoms with E-state index in [-0.39, 0.29) is 11.7 Å². The van der Waals surface area contributed by atoms with Gasteiger partial charge in [0.15, 0.2) is 22.5 Å². The molecule has 0 saturated carbocycles. The maximum absolute atomic E-state index is 12.3. The average Bonchev–Trinajstić information content (AvgIpc) is 3.23. The van der Waals surface area contributed by atoms with Crippen LogP contribution in [0.5, 0.6) is 11.5 Å². The Bertz CT molecular complexity index is 1140. The summed E-state index contributed by atoms with van der Waals surface area (Å²) in [6, 6.07) is 13.5. The molecule has 1 amide bonds. The molecule has 9 nitrogen and oxygen atoms in total. The monoisotopic (exact) mass is 480 g/mol. The van der Waals surface area contributed by atoms with Gasteiger partial charge in [0.25, 0.3) is 5.91 Å². The van der Waals surface area contributed by atoms with E-state index >= 15 is 0 Å². The Labute approximate surface area is 203 Å². The van der Waals surface area contributed by atoms with E-state index < -0.39 is 0 Å². The molecule has 0 saturated heterocycles. The molecule has 0 radical (unpaired) electrons. The first-order valence-corrected chi connectivity index (χ1v) is 11.5. The number of benzene rings is 2. The van der Waals surface area contributed by atoms with Crippen molar-refractivity contribution in [3.05, 3.63) is 72.1 Å². The molecule has 3 rings (SSSR count). The molecule has 1 heterocycles. The van der Waals surface area contributed by atoms with Gasteiger partial charge in [-0.25, -0.2) is 5.43 Å². The number of ether oxygens (including phenoxy) is 2. The van der Waals surface area contributed by atoms with Crippen molar-refractivity contribution in [2.24, 2.45) is 5.10 Å². The highest BCUT2D eigenvalue weighted by atomic mass is 32.2. The molecule has 0 bridgehead atoms. The third kappa shape index (κ3) is 6.85. The molecule has 0 unspecified atom stereocenters. The van der Waals surface area contributed by atoms with Gasteiger partial charge in [-0.1, -0.05) is 35.5 Å². The second-order valence-electron chi connectivity index (χ2n) is 7.21. The first-order chi connectivity index (χ1) is 16.5. The fraction of sp³-hybridized carbons (Fsp3) is 0.250. The van der Waals surface area contributed by atoms with E-state index in [2.05, 4.69) is 32.6 Å². The van der Waals surface area contributed by atoms with Crippen LogP contribution >= 0.6 is 11.8 Å². The molecule has 1 aromatic heterocycles. The van der Waals surface area contributed by atoms with E-state index in [1.54, 1.807) is 38.6 Å². The largest absolute Gasteiger partial charge is 0.493 e. The first kappa shape index (κ1) is 24.8. The number of rotatable bonds is 12. The number of carbonyl (C=O) groups is 1. The Hall–Kier alpha value is -3.79. The number of methoxy groups -OCH3 is 2. The van der Waals surface area contributed by atoms with Gasteiger partial charge >= 0.3 is 0 Å². The molecule has 178 valence electrons. The van der Waals surface area contributed by atoms with Gasteiger partial charge in [-0.2, -0.15) is 5.10 Å². The van der Waals surface area contributed by atoms with E-state index in [1.807, 2.05) is 41.8 Å². The summed E-state index contributed by atoms with van der Waals surface area (Å²) in [5.74, 6) is 1.85. The number of carbonyl (C=O) groups excluding carboxylic acids is 1. The van der Waals surface area contributed by atoms with Crippen molar-refractivity contribution < 1.29 is 14.3 Å². The maximum atomic E-state index is 12.3. The van der Waals surface area contributed by atoms with Crippen molar-refractivity contribution in [2.75, 3.05) is 25.3 Å². The van der Waals surface area contributed by atoms with Crippen LogP contribution in [0.25, 0.3) is 0 Å². The number of aryl methyl sites for hydroxylation is 1. The highest BCUT2D eigenvalue weighted by Gasteiger charge is 2.13. The molecule has 0 atom stereocenters. The van der Waals surface area contributed by atoms with Crippen LogP contribution in [0.3, 0.4) is 0 Å². The lowest BCUT2D eigenvalue weighted by molar-refractivity contribution is -0.118. The van der Waals surface area contributed by atoms with Crippen LogP contribution in [0.2, 0.25) is 0 Å². The molecule has 2 N–H and O–H groups in total. The van der Waals surface area contributed by atoms with Crippen molar-refractivity contribution in [3.63, 3.8) is 0 Å². The number of hydrazone groups is 1. The number of thioether (sulfide) groups is 1. The number of nitrogens with one attached hydrogen (secondary N) is 2. The molecule has 34 heavy (non-hydrogen) atoms. The lowest BCUT2D eigenvalue weighted by Gasteiger charge is -2.09. The fourth-order valence-electron chi connectivity index (χ4n) is 3.00. The summed E-state index contributed by atoms with van der Waals surface area (Å²) in [7, 11) is 3.13. The number of hydrogen-bond donors (Lipinski definition) is 2. The molecule has 0 fully saturated rings. The standard InChI is InChI=1S/C24H28N6O3S/c1-5-12-30-22(15-25-19-9-6-17(2)7-10-19)27-29-24(30)34-16-23(31)28-26-14-18-8-11-20(32-3)21(13-18)33-4/h5-11,13-14,25H,1,12,15-16H2,2-4H3,(H,28,31)/b26-14-. The Morgan fingerprint density at radius 2 is 1.91 bits per heavy atom. The average molecular weight is 481 g/mol. The smallest absolute Gasteiger partial charge is 0.250 e. The highest BCUT2D eigenvalue weighted by molar-refractivity contribution is 7.99.